The molecule has 7 nitrogen and oxygen atoms in total. The van der Waals surface area contributed by atoms with E-state index in [-0.39, 0.29) is 17.9 Å². The first kappa shape index (κ1) is 16.0. The monoisotopic (exact) mass is 329 g/mol. The highest BCUT2D eigenvalue weighted by Crippen LogP contribution is 2.32. The third-order valence-corrected chi connectivity index (χ3v) is 3.77. The molecule has 7 heteroatoms. The topological polar surface area (TPSA) is 93.3 Å². The van der Waals surface area contributed by atoms with Crippen molar-refractivity contribution in [3.05, 3.63) is 45.6 Å². The van der Waals surface area contributed by atoms with Crippen LogP contribution in [0.5, 0.6) is 11.5 Å². The second-order valence-corrected chi connectivity index (χ2v) is 5.62. The molecule has 0 saturated heterocycles. The molecule has 1 aromatic heterocycles. The van der Waals surface area contributed by atoms with Crippen LogP contribution in [0, 0.1) is 13.8 Å². The molecule has 0 bridgehead atoms. The molecular formula is C17H19N3O4. The molecule has 1 aliphatic rings. The Balaban J connectivity index is 1.63. The van der Waals surface area contributed by atoms with E-state index in [0.29, 0.717) is 53.9 Å². The number of carbonyl (C=O) groups excluding carboxylic acids is 1. The Labute approximate surface area is 139 Å². The van der Waals surface area contributed by atoms with E-state index in [2.05, 4.69) is 15.3 Å². The van der Waals surface area contributed by atoms with Gasteiger partial charge in [-0.05, 0) is 32.4 Å². The highest BCUT2D eigenvalue weighted by molar-refractivity contribution is 5.91. The molecule has 1 aromatic carbocycles. The first-order chi connectivity index (χ1) is 11.5. The maximum Gasteiger partial charge on any atom is 0.254 e. The minimum Gasteiger partial charge on any atom is -0.486 e. The number of aryl methyl sites for hydroxylation is 2. The lowest BCUT2D eigenvalue weighted by atomic mass is 10.1. The fourth-order valence-corrected chi connectivity index (χ4v) is 2.63. The summed E-state index contributed by atoms with van der Waals surface area (Å²) in [7, 11) is 0. The lowest BCUT2D eigenvalue weighted by Crippen LogP contribution is -2.20. The molecule has 0 aliphatic carbocycles. The number of nitrogens with zero attached hydrogens (tertiary/aromatic N) is 1. The van der Waals surface area contributed by atoms with Crippen LogP contribution < -0.4 is 20.3 Å². The quantitative estimate of drug-likeness (QED) is 0.891. The number of ether oxygens (including phenoxy) is 2. The van der Waals surface area contributed by atoms with E-state index in [4.69, 9.17) is 9.47 Å². The van der Waals surface area contributed by atoms with Crippen LogP contribution in [0.4, 0.5) is 5.69 Å². The average Bonchev–Trinajstić information content (AvgIpc) is 2.53. The van der Waals surface area contributed by atoms with Gasteiger partial charge in [-0.15, -0.1) is 0 Å². The lowest BCUT2D eigenvalue weighted by molar-refractivity contribution is -0.116. The number of hydrogen-bond acceptors (Lipinski definition) is 5. The predicted octanol–water partition coefficient (Wildman–Crippen LogP) is 1.73. The van der Waals surface area contributed by atoms with Gasteiger partial charge in [0.05, 0.1) is 0 Å². The Morgan fingerprint density at radius 2 is 2.00 bits per heavy atom. The van der Waals surface area contributed by atoms with Gasteiger partial charge in [-0.1, -0.05) is 0 Å². The molecule has 0 saturated carbocycles. The van der Waals surface area contributed by atoms with E-state index in [1.165, 1.54) is 0 Å². The molecule has 2 heterocycles. The SMILES string of the molecule is Cc1nc(C)c(CCC(=O)Nc2ccc3c(c2)OCCO3)c(=O)[nH]1. The third-order valence-electron chi connectivity index (χ3n) is 3.77. The van der Waals surface area contributed by atoms with E-state index < -0.39 is 0 Å². The predicted molar refractivity (Wildman–Crippen MR) is 88.7 cm³/mol. The van der Waals surface area contributed by atoms with Crippen LogP contribution in [0.3, 0.4) is 0 Å². The zero-order chi connectivity index (χ0) is 17.1. The van der Waals surface area contributed by atoms with Crippen LogP contribution in [0.25, 0.3) is 0 Å². The maximum atomic E-state index is 12.1. The number of H-pyrrole nitrogens is 1. The fraction of sp³-hybridized carbons (Fsp3) is 0.353. The minimum absolute atomic E-state index is 0.175. The molecule has 24 heavy (non-hydrogen) atoms. The molecular weight excluding hydrogens is 310 g/mol. The molecule has 126 valence electrons. The van der Waals surface area contributed by atoms with Crippen molar-refractivity contribution in [3.8, 4) is 11.5 Å². The Morgan fingerprint density at radius 3 is 2.75 bits per heavy atom. The van der Waals surface area contributed by atoms with Gasteiger partial charge in [0.25, 0.3) is 5.56 Å². The number of anilines is 1. The summed E-state index contributed by atoms with van der Waals surface area (Å²) < 4.78 is 10.9. The van der Waals surface area contributed by atoms with Gasteiger partial charge < -0.3 is 19.8 Å². The average molecular weight is 329 g/mol. The number of carbonyl (C=O) groups is 1. The Bertz CT molecular complexity index is 829. The third kappa shape index (κ3) is 3.56. The number of hydrogen-bond donors (Lipinski definition) is 2. The largest absolute Gasteiger partial charge is 0.486 e. The number of rotatable bonds is 4. The minimum atomic E-state index is -0.188. The van der Waals surface area contributed by atoms with Crippen molar-refractivity contribution in [2.75, 3.05) is 18.5 Å². The van der Waals surface area contributed by atoms with Crippen molar-refractivity contribution in [2.24, 2.45) is 0 Å². The summed E-state index contributed by atoms with van der Waals surface area (Å²) in [6, 6.07) is 5.26. The summed E-state index contributed by atoms with van der Waals surface area (Å²) in [5.41, 5.74) is 1.64. The molecule has 0 atom stereocenters. The zero-order valence-corrected chi connectivity index (χ0v) is 13.6. The van der Waals surface area contributed by atoms with Crippen molar-refractivity contribution in [1.29, 1.82) is 0 Å². The van der Waals surface area contributed by atoms with E-state index >= 15 is 0 Å². The smallest absolute Gasteiger partial charge is 0.254 e. The number of aromatic amines is 1. The van der Waals surface area contributed by atoms with Gasteiger partial charge in [0.15, 0.2) is 11.5 Å². The van der Waals surface area contributed by atoms with Crippen LogP contribution in [0.2, 0.25) is 0 Å². The van der Waals surface area contributed by atoms with E-state index in [0.717, 1.165) is 0 Å². The van der Waals surface area contributed by atoms with Gasteiger partial charge in [0.2, 0.25) is 5.91 Å². The molecule has 0 spiro atoms. The van der Waals surface area contributed by atoms with Crippen molar-refractivity contribution in [1.82, 2.24) is 9.97 Å². The highest BCUT2D eigenvalue weighted by Gasteiger charge is 2.14. The first-order valence-corrected chi connectivity index (χ1v) is 7.79. The van der Waals surface area contributed by atoms with Gasteiger partial charge in [0.1, 0.15) is 19.0 Å². The second-order valence-electron chi connectivity index (χ2n) is 5.62. The normalized spacial score (nSPS) is 12.8. The summed E-state index contributed by atoms with van der Waals surface area (Å²) in [6.45, 7) is 4.52. The summed E-state index contributed by atoms with van der Waals surface area (Å²) in [5.74, 6) is 1.69. The first-order valence-electron chi connectivity index (χ1n) is 7.79. The van der Waals surface area contributed by atoms with Crippen molar-refractivity contribution < 1.29 is 14.3 Å². The number of aromatic nitrogens is 2. The van der Waals surface area contributed by atoms with Crippen LogP contribution in [0.1, 0.15) is 23.5 Å². The second kappa shape index (κ2) is 6.74. The molecule has 0 fully saturated rings. The lowest BCUT2D eigenvalue weighted by Gasteiger charge is -2.19. The van der Waals surface area contributed by atoms with Gasteiger partial charge in [-0.2, -0.15) is 0 Å². The summed E-state index contributed by atoms with van der Waals surface area (Å²) in [4.78, 5) is 30.9. The Kier molecular flexibility index (Phi) is 4.50. The van der Waals surface area contributed by atoms with Crippen molar-refractivity contribution >= 4 is 11.6 Å². The van der Waals surface area contributed by atoms with Gasteiger partial charge in [-0.25, -0.2) is 4.98 Å². The van der Waals surface area contributed by atoms with Crippen LogP contribution in [-0.2, 0) is 11.2 Å². The standard InChI is InChI=1S/C17H19N3O4/c1-10-13(17(22)19-11(2)18-10)4-6-16(21)20-12-3-5-14-15(9-12)24-8-7-23-14/h3,5,9H,4,6-8H2,1-2H3,(H,20,21)(H,18,19,22). The molecule has 1 aliphatic heterocycles. The summed E-state index contributed by atoms with van der Waals surface area (Å²) in [5, 5.41) is 2.81. The van der Waals surface area contributed by atoms with Gasteiger partial charge in [0, 0.05) is 29.4 Å². The summed E-state index contributed by atoms with van der Waals surface area (Å²) >= 11 is 0. The maximum absolute atomic E-state index is 12.1. The summed E-state index contributed by atoms with van der Waals surface area (Å²) in [6.07, 6.45) is 0.536. The number of nitrogens with one attached hydrogen (secondary N) is 2. The Morgan fingerprint density at radius 1 is 1.25 bits per heavy atom. The van der Waals surface area contributed by atoms with E-state index in [1.807, 2.05) is 0 Å². The van der Waals surface area contributed by atoms with E-state index in [9.17, 15) is 9.59 Å². The van der Waals surface area contributed by atoms with Crippen LogP contribution in [-0.4, -0.2) is 29.1 Å². The molecule has 2 N–H and O–H groups in total. The molecule has 1 amide bonds. The molecule has 0 unspecified atom stereocenters. The molecule has 2 aromatic rings. The highest BCUT2D eigenvalue weighted by atomic mass is 16.6. The zero-order valence-electron chi connectivity index (χ0n) is 13.6. The van der Waals surface area contributed by atoms with Crippen molar-refractivity contribution in [2.45, 2.75) is 26.7 Å². The van der Waals surface area contributed by atoms with Crippen LogP contribution in [0.15, 0.2) is 23.0 Å². The van der Waals surface area contributed by atoms with Crippen LogP contribution >= 0.6 is 0 Å². The van der Waals surface area contributed by atoms with Gasteiger partial charge in [-0.3, -0.25) is 9.59 Å². The number of amides is 1. The fourth-order valence-electron chi connectivity index (χ4n) is 2.63. The Hall–Kier alpha value is -2.83. The van der Waals surface area contributed by atoms with Gasteiger partial charge >= 0.3 is 0 Å². The number of fused-ring (bicyclic) bond motifs is 1. The molecule has 0 radical (unpaired) electrons. The molecule has 3 rings (SSSR count). The van der Waals surface area contributed by atoms with E-state index in [1.54, 1.807) is 32.0 Å². The number of benzene rings is 1. The van der Waals surface area contributed by atoms with Crippen molar-refractivity contribution in [3.63, 3.8) is 0 Å².